The number of rotatable bonds is 2. The summed E-state index contributed by atoms with van der Waals surface area (Å²) in [6, 6.07) is 0. The summed E-state index contributed by atoms with van der Waals surface area (Å²) in [6.07, 6.45) is 6.37. The van der Waals surface area contributed by atoms with Crippen molar-refractivity contribution in [3.8, 4) is 0 Å². The van der Waals surface area contributed by atoms with Crippen molar-refractivity contribution < 1.29 is 19.3 Å². The van der Waals surface area contributed by atoms with Gasteiger partial charge in [-0.3, -0.25) is 0 Å². The Labute approximate surface area is 128 Å². The lowest BCUT2D eigenvalue weighted by molar-refractivity contribution is -0.213. The van der Waals surface area contributed by atoms with Gasteiger partial charge in [0, 0.05) is 26.2 Å². The molecule has 3 heterocycles. The van der Waals surface area contributed by atoms with Gasteiger partial charge in [-0.05, 0) is 51.4 Å². The van der Waals surface area contributed by atoms with Gasteiger partial charge in [-0.1, -0.05) is 6.92 Å². The van der Waals surface area contributed by atoms with Crippen LogP contribution in [0.25, 0.3) is 0 Å². The molecule has 3 rings (SSSR count). The first-order valence-electron chi connectivity index (χ1n) is 8.57. The van der Waals surface area contributed by atoms with Crippen LogP contribution >= 0.6 is 0 Å². The molecular formula is C17H30O4. The minimum atomic E-state index is -0.585. The van der Waals surface area contributed by atoms with Crippen LogP contribution in [0, 0.1) is 5.92 Å². The van der Waals surface area contributed by atoms with E-state index in [-0.39, 0.29) is 11.2 Å². The Kier molecular flexibility index (Phi) is 4.34. The molecule has 0 aliphatic carbocycles. The Hall–Kier alpha value is -0.160. The van der Waals surface area contributed by atoms with Crippen LogP contribution in [0.15, 0.2) is 0 Å². The van der Waals surface area contributed by atoms with Gasteiger partial charge in [0.25, 0.3) is 0 Å². The smallest absolute Gasteiger partial charge is 0.0730 e. The molecule has 1 N–H and O–H groups in total. The fourth-order valence-corrected chi connectivity index (χ4v) is 4.41. The average molecular weight is 298 g/mol. The molecular weight excluding hydrogens is 268 g/mol. The third-order valence-electron chi connectivity index (χ3n) is 6.07. The topological polar surface area (TPSA) is 47.9 Å². The summed E-state index contributed by atoms with van der Waals surface area (Å²) in [4.78, 5) is 0. The molecule has 0 amide bonds. The summed E-state index contributed by atoms with van der Waals surface area (Å²) >= 11 is 0. The normalized spacial score (nSPS) is 43.9. The summed E-state index contributed by atoms with van der Waals surface area (Å²) in [7, 11) is 0. The van der Waals surface area contributed by atoms with Crippen LogP contribution < -0.4 is 0 Å². The van der Waals surface area contributed by atoms with Crippen molar-refractivity contribution in [2.75, 3.05) is 26.4 Å². The summed E-state index contributed by atoms with van der Waals surface area (Å²) < 4.78 is 17.5. The molecule has 0 aromatic heterocycles. The second kappa shape index (κ2) is 5.80. The van der Waals surface area contributed by atoms with E-state index in [2.05, 4.69) is 13.8 Å². The van der Waals surface area contributed by atoms with Crippen LogP contribution in [0.2, 0.25) is 0 Å². The van der Waals surface area contributed by atoms with Crippen LogP contribution in [0.4, 0.5) is 0 Å². The number of hydrogen-bond acceptors (Lipinski definition) is 4. The van der Waals surface area contributed by atoms with E-state index in [1.54, 1.807) is 0 Å². The highest BCUT2D eigenvalue weighted by atomic mass is 16.5. The van der Waals surface area contributed by atoms with Crippen molar-refractivity contribution in [1.29, 1.82) is 0 Å². The molecule has 4 nitrogen and oxygen atoms in total. The van der Waals surface area contributed by atoms with Gasteiger partial charge < -0.3 is 19.3 Å². The van der Waals surface area contributed by atoms with Crippen LogP contribution in [0.5, 0.6) is 0 Å². The second-order valence-electron chi connectivity index (χ2n) is 7.52. The highest BCUT2D eigenvalue weighted by molar-refractivity contribution is 5.01. The van der Waals surface area contributed by atoms with Crippen molar-refractivity contribution in [3.05, 3.63) is 0 Å². The SMILES string of the molecule is CCC1(C)CC(O)(C2CCOC3(CCOCC3)C2)CCO1. The van der Waals surface area contributed by atoms with E-state index in [0.29, 0.717) is 12.5 Å². The van der Waals surface area contributed by atoms with Gasteiger partial charge in [0.05, 0.1) is 23.4 Å². The van der Waals surface area contributed by atoms with Crippen molar-refractivity contribution in [1.82, 2.24) is 0 Å². The minimum absolute atomic E-state index is 0.0438. The van der Waals surface area contributed by atoms with Crippen molar-refractivity contribution in [2.45, 2.75) is 75.6 Å². The molecule has 3 aliphatic heterocycles. The minimum Gasteiger partial charge on any atom is -0.389 e. The summed E-state index contributed by atoms with van der Waals surface area (Å²) in [6.45, 7) is 7.32. The molecule has 4 heteroatoms. The molecule has 122 valence electrons. The maximum absolute atomic E-state index is 11.3. The van der Waals surface area contributed by atoms with E-state index in [4.69, 9.17) is 14.2 Å². The first-order chi connectivity index (χ1) is 9.99. The van der Waals surface area contributed by atoms with Gasteiger partial charge in [0.15, 0.2) is 0 Å². The van der Waals surface area contributed by atoms with E-state index >= 15 is 0 Å². The van der Waals surface area contributed by atoms with Gasteiger partial charge in [-0.25, -0.2) is 0 Å². The number of ether oxygens (including phenoxy) is 3. The molecule has 3 atom stereocenters. The third-order valence-corrected chi connectivity index (χ3v) is 6.07. The summed E-state index contributed by atoms with van der Waals surface area (Å²) in [5.74, 6) is 0.333. The highest BCUT2D eigenvalue weighted by Gasteiger charge is 2.50. The van der Waals surface area contributed by atoms with E-state index in [9.17, 15) is 5.11 Å². The zero-order chi connectivity index (χ0) is 15.0. The molecule has 3 unspecified atom stereocenters. The van der Waals surface area contributed by atoms with E-state index in [1.165, 1.54) is 0 Å². The first-order valence-corrected chi connectivity index (χ1v) is 8.57. The van der Waals surface area contributed by atoms with Crippen LogP contribution in [-0.4, -0.2) is 48.3 Å². The standard InChI is InChI=1S/C17H30O4/c1-3-15(2)13-17(18,7-11-20-15)14-4-8-21-16(12-14)5-9-19-10-6-16/h14,18H,3-13H2,1-2H3. The zero-order valence-corrected chi connectivity index (χ0v) is 13.5. The fraction of sp³-hybridized carbons (Fsp3) is 1.00. The third kappa shape index (κ3) is 3.14. The quantitative estimate of drug-likeness (QED) is 0.851. The molecule has 1 spiro atoms. The predicted molar refractivity (Wildman–Crippen MR) is 80.3 cm³/mol. The van der Waals surface area contributed by atoms with E-state index in [0.717, 1.165) is 64.8 Å². The molecule has 3 aliphatic rings. The van der Waals surface area contributed by atoms with Gasteiger partial charge in [-0.2, -0.15) is 0 Å². The van der Waals surface area contributed by atoms with Crippen LogP contribution in [-0.2, 0) is 14.2 Å². The number of hydrogen-bond donors (Lipinski definition) is 1. The highest BCUT2D eigenvalue weighted by Crippen LogP contribution is 2.47. The molecule has 3 fully saturated rings. The molecule has 3 saturated heterocycles. The first kappa shape index (κ1) is 15.7. The van der Waals surface area contributed by atoms with Crippen LogP contribution in [0.3, 0.4) is 0 Å². The lowest BCUT2D eigenvalue weighted by Crippen LogP contribution is -2.56. The van der Waals surface area contributed by atoms with Gasteiger partial charge in [0.2, 0.25) is 0 Å². The largest absolute Gasteiger partial charge is 0.389 e. The molecule has 0 aromatic carbocycles. The second-order valence-corrected chi connectivity index (χ2v) is 7.52. The molecule has 0 radical (unpaired) electrons. The number of aliphatic hydroxyl groups is 1. The maximum Gasteiger partial charge on any atom is 0.0730 e. The van der Waals surface area contributed by atoms with Crippen LogP contribution in [0.1, 0.15) is 58.8 Å². The lowest BCUT2D eigenvalue weighted by atomic mass is 9.67. The van der Waals surface area contributed by atoms with E-state index in [1.807, 2.05) is 0 Å². The fourth-order valence-electron chi connectivity index (χ4n) is 4.41. The zero-order valence-electron chi connectivity index (χ0n) is 13.5. The molecule has 0 aromatic rings. The average Bonchev–Trinajstić information content (AvgIpc) is 2.48. The maximum atomic E-state index is 11.3. The Balaban J connectivity index is 1.72. The summed E-state index contributed by atoms with van der Waals surface area (Å²) in [5.41, 5.74) is -0.802. The predicted octanol–water partition coefficient (Wildman–Crippen LogP) is 2.67. The van der Waals surface area contributed by atoms with Crippen molar-refractivity contribution in [2.24, 2.45) is 5.92 Å². The van der Waals surface area contributed by atoms with Gasteiger partial charge in [-0.15, -0.1) is 0 Å². The van der Waals surface area contributed by atoms with Crippen molar-refractivity contribution >= 4 is 0 Å². The molecule has 0 bridgehead atoms. The monoisotopic (exact) mass is 298 g/mol. The van der Waals surface area contributed by atoms with Crippen molar-refractivity contribution in [3.63, 3.8) is 0 Å². The molecule has 0 saturated carbocycles. The molecule has 21 heavy (non-hydrogen) atoms. The Bertz CT molecular complexity index is 360. The van der Waals surface area contributed by atoms with E-state index < -0.39 is 5.60 Å². The Morgan fingerprint density at radius 3 is 2.52 bits per heavy atom. The summed E-state index contributed by atoms with van der Waals surface area (Å²) in [5, 5.41) is 11.3. The van der Waals surface area contributed by atoms with Gasteiger partial charge in [0.1, 0.15) is 0 Å². The Morgan fingerprint density at radius 2 is 1.81 bits per heavy atom. The van der Waals surface area contributed by atoms with Gasteiger partial charge >= 0.3 is 0 Å². The Morgan fingerprint density at radius 1 is 1.05 bits per heavy atom. The lowest BCUT2D eigenvalue weighted by Gasteiger charge is -2.52.